The molecule has 0 bridgehead atoms. The third kappa shape index (κ3) is 5.29. The average Bonchev–Trinajstić information content (AvgIpc) is 3.19. The second-order valence-electron chi connectivity index (χ2n) is 8.13. The van der Waals surface area contributed by atoms with Gasteiger partial charge in [0.25, 0.3) is 11.5 Å². The van der Waals surface area contributed by atoms with Crippen molar-refractivity contribution in [1.29, 1.82) is 0 Å². The monoisotopic (exact) mass is 554 g/mol. The molecule has 0 aliphatic carbocycles. The number of fused-ring (bicyclic) bond motifs is 1. The van der Waals surface area contributed by atoms with Crippen molar-refractivity contribution >= 4 is 27.8 Å². The molecule has 2 aromatic carbocycles. The Hall–Kier alpha value is -3.17. The topological polar surface area (TPSA) is 113 Å². The number of amides is 2. The summed E-state index contributed by atoms with van der Waals surface area (Å²) in [7, 11) is -2.37. The Bertz CT molecular complexity index is 1260. The summed E-state index contributed by atoms with van der Waals surface area (Å²) in [5.74, 6) is -1.15. The van der Waals surface area contributed by atoms with E-state index in [9.17, 15) is 49.5 Å². The lowest BCUT2D eigenvalue weighted by molar-refractivity contribution is -0.376. The highest BCUT2D eigenvalue weighted by molar-refractivity contribution is 7.91. The number of carbonyl (C=O) groups excluding carboxylic acids is 2. The highest BCUT2D eigenvalue weighted by Crippen LogP contribution is 2.50. The van der Waals surface area contributed by atoms with Gasteiger partial charge in [-0.2, -0.15) is 26.3 Å². The maximum Gasteiger partial charge on any atom is 0.430 e. The number of sulfone groups is 1. The van der Waals surface area contributed by atoms with Crippen LogP contribution in [-0.2, 0) is 36.3 Å². The third-order valence-electron chi connectivity index (χ3n) is 5.78. The van der Waals surface area contributed by atoms with Gasteiger partial charge < -0.3 is 20.1 Å². The van der Waals surface area contributed by atoms with Gasteiger partial charge in [0.1, 0.15) is 6.04 Å². The molecule has 2 amide bonds. The molecule has 2 aromatic rings. The number of aliphatic hydroxyl groups is 1. The number of benzene rings is 2. The van der Waals surface area contributed by atoms with Crippen molar-refractivity contribution in [2.45, 2.75) is 35.4 Å². The Labute approximate surface area is 206 Å². The molecule has 0 saturated heterocycles. The predicted octanol–water partition coefficient (Wildman–Crippen LogP) is 3.07. The van der Waals surface area contributed by atoms with Crippen molar-refractivity contribution in [2.75, 3.05) is 24.8 Å². The minimum absolute atomic E-state index is 0.0485. The number of alkyl halides is 6. The highest BCUT2D eigenvalue weighted by atomic mass is 32.2. The van der Waals surface area contributed by atoms with Gasteiger partial charge in [0.15, 0.2) is 9.84 Å². The Balaban J connectivity index is 1.86. The number of methoxy groups -OCH3 is 1. The van der Waals surface area contributed by atoms with Crippen LogP contribution in [0.5, 0.6) is 0 Å². The first-order valence-electron chi connectivity index (χ1n) is 10.4. The molecule has 0 saturated carbocycles. The Morgan fingerprint density at radius 3 is 2.22 bits per heavy atom. The van der Waals surface area contributed by atoms with Crippen molar-refractivity contribution in [3.8, 4) is 0 Å². The van der Waals surface area contributed by atoms with Crippen LogP contribution in [0.4, 0.5) is 32.0 Å². The molecule has 0 fully saturated rings. The molecular formula is C22H20F6N2O6S. The molecule has 1 heterocycles. The van der Waals surface area contributed by atoms with E-state index < -0.39 is 45.3 Å². The van der Waals surface area contributed by atoms with E-state index in [4.69, 9.17) is 4.74 Å². The number of hydrogen-bond donors (Lipinski definition) is 2. The van der Waals surface area contributed by atoms with Gasteiger partial charge in [-0.3, -0.25) is 9.59 Å². The zero-order valence-corrected chi connectivity index (χ0v) is 19.7. The number of halogens is 6. The van der Waals surface area contributed by atoms with Gasteiger partial charge in [0.05, 0.1) is 17.3 Å². The fourth-order valence-electron chi connectivity index (χ4n) is 3.84. The molecule has 3 rings (SSSR count). The molecule has 15 heteroatoms. The molecule has 0 aromatic heterocycles. The molecule has 1 aliphatic heterocycles. The van der Waals surface area contributed by atoms with Crippen molar-refractivity contribution in [2.24, 2.45) is 0 Å². The lowest BCUT2D eigenvalue weighted by Crippen LogP contribution is -2.53. The van der Waals surface area contributed by atoms with Gasteiger partial charge in [-0.25, -0.2) is 8.42 Å². The first-order valence-corrected chi connectivity index (χ1v) is 12.0. The molecule has 1 atom stereocenters. The largest absolute Gasteiger partial charge is 0.430 e. The van der Waals surface area contributed by atoms with E-state index in [1.807, 2.05) is 0 Å². The maximum absolute atomic E-state index is 13.1. The summed E-state index contributed by atoms with van der Waals surface area (Å²) < 4.78 is 108. The molecule has 37 heavy (non-hydrogen) atoms. The number of nitrogens with zero attached hydrogens (tertiary/aromatic N) is 1. The number of anilines is 1. The first kappa shape index (κ1) is 28.4. The van der Waals surface area contributed by atoms with Gasteiger partial charge in [0.2, 0.25) is 6.41 Å². The normalized spacial score (nSPS) is 16.4. The van der Waals surface area contributed by atoms with Crippen LogP contribution < -0.4 is 5.32 Å². The fourth-order valence-corrected chi connectivity index (χ4v) is 5.06. The third-order valence-corrected chi connectivity index (χ3v) is 7.46. The van der Waals surface area contributed by atoms with Crippen LogP contribution in [0, 0.1) is 0 Å². The molecule has 202 valence electrons. The highest BCUT2D eigenvalue weighted by Gasteiger charge is 2.71. The van der Waals surface area contributed by atoms with Crippen LogP contribution in [-0.4, -0.2) is 62.6 Å². The number of nitrogens with one attached hydrogen (secondary N) is 1. The van der Waals surface area contributed by atoms with Gasteiger partial charge in [-0.05, 0) is 35.4 Å². The minimum Gasteiger partial charge on any atom is -0.384 e. The lowest BCUT2D eigenvalue weighted by atomic mass is 9.92. The van der Waals surface area contributed by atoms with Crippen LogP contribution in [0.1, 0.15) is 22.7 Å². The SMILES string of the molecule is COCCS(=O)(=O)c1ccc2c(c1)CN(C=O)C2C(=O)Nc1ccc(C(O)(C(F)(F)F)C(F)(F)F)cc1. The van der Waals surface area contributed by atoms with Crippen molar-refractivity contribution in [3.63, 3.8) is 0 Å². The van der Waals surface area contributed by atoms with E-state index in [0.29, 0.717) is 24.1 Å². The molecule has 0 radical (unpaired) electrons. The van der Waals surface area contributed by atoms with Gasteiger partial charge in [-0.15, -0.1) is 0 Å². The Morgan fingerprint density at radius 1 is 1.11 bits per heavy atom. The minimum atomic E-state index is -6.07. The molecule has 0 spiro atoms. The summed E-state index contributed by atoms with van der Waals surface area (Å²) in [5.41, 5.74) is -6.19. The Kier molecular flexibility index (Phi) is 7.63. The number of hydrogen-bond acceptors (Lipinski definition) is 6. The lowest BCUT2D eigenvalue weighted by Gasteiger charge is -2.32. The predicted molar refractivity (Wildman–Crippen MR) is 116 cm³/mol. The first-order chi connectivity index (χ1) is 17.1. The summed E-state index contributed by atoms with van der Waals surface area (Å²) >= 11 is 0. The van der Waals surface area contributed by atoms with Crippen molar-refractivity contribution in [1.82, 2.24) is 4.90 Å². The van der Waals surface area contributed by atoms with Crippen LogP contribution in [0.2, 0.25) is 0 Å². The number of rotatable bonds is 8. The van der Waals surface area contributed by atoms with Crippen molar-refractivity contribution in [3.05, 3.63) is 59.2 Å². The van der Waals surface area contributed by atoms with Gasteiger partial charge in [-0.1, -0.05) is 18.2 Å². The molecule has 1 unspecified atom stereocenters. The molecule has 1 aliphatic rings. The van der Waals surface area contributed by atoms with E-state index in [1.165, 1.54) is 25.3 Å². The van der Waals surface area contributed by atoms with Crippen molar-refractivity contribution < 1.29 is 54.2 Å². The zero-order valence-electron chi connectivity index (χ0n) is 18.9. The maximum atomic E-state index is 13.1. The second-order valence-corrected chi connectivity index (χ2v) is 10.2. The summed E-state index contributed by atoms with van der Waals surface area (Å²) in [4.78, 5) is 25.5. The summed E-state index contributed by atoms with van der Waals surface area (Å²) in [5, 5.41) is 11.8. The Morgan fingerprint density at radius 2 is 1.70 bits per heavy atom. The standard InChI is InChI=1S/C22H20F6N2O6S/c1-36-8-9-37(34,35)16-6-7-17-13(10-16)11-30(12-31)18(17)19(32)29-15-4-2-14(3-5-15)20(33,21(23,24)25)22(26,27)28/h2-7,10,12,18,33H,8-9,11H2,1H3,(H,29,32). The second kappa shape index (κ2) is 9.95. The molecule has 8 nitrogen and oxygen atoms in total. The van der Waals surface area contributed by atoms with E-state index in [2.05, 4.69) is 5.32 Å². The number of ether oxygens (including phenoxy) is 1. The van der Waals surface area contributed by atoms with E-state index in [0.717, 1.165) is 17.0 Å². The van der Waals surface area contributed by atoms with Crippen LogP contribution in [0.15, 0.2) is 47.4 Å². The van der Waals surface area contributed by atoms with Crippen LogP contribution in [0.25, 0.3) is 0 Å². The summed E-state index contributed by atoms with van der Waals surface area (Å²) in [6.45, 7) is -0.166. The average molecular weight is 554 g/mol. The van der Waals surface area contributed by atoms with E-state index in [1.54, 1.807) is 0 Å². The summed E-state index contributed by atoms with van der Waals surface area (Å²) in [6, 6.07) is 4.88. The smallest absolute Gasteiger partial charge is 0.384 e. The quantitative estimate of drug-likeness (QED) is 0.383. The van der Waals surface area contributed by atoms with E-state index in [-0.39, 0.29) is 35.1 Å². The van der Waals surface area contributed by atoms with Gasteiger partial charge in [0, 0.05) is 24.9 Å². The molecular weight excluding hydrogens is 534 g/mol. The van der Waals surface area contributed by atoms with Crippen LogP contribution >= 0.6 is 0 Å². The van der Waals surface area contributed by atoms with E-state index >= 15 is 0 Å². The fraction of sp³-hybridized carbons (Fsp3) is 0.364. The summed E-state index contributed by atoms with van der Waals surface area (Å²) in [6.07, 6.45) is -11.8. The zero-order chi connectivity index (χ0) is 27.8. The molecule has 2 N–H and O–H groups in total. The van der Waals surface area contributed by atoms with Crippen LogP contribution in [0.3, 0.4) is 0 Å². The number of carbonyl (C=O) groups is 2. The van der Waals surface area contributed by atoms with Gasteiger partial charge >= 0.3 is 12.4 Å².